The van der Waals surface area contributed by atoms with Gasteiger partial charge in [-0.05, 0) is 49.0 Å². The van der Waals surface area contributed by atoms with Gasteiger partial charge in [0.05, 0.1) is 30.4 Å². The number of aliphatic hydroxyl groups excluding tert-OH is 1. The molecule has 3 nitrogen and oxygen atoms in total. The number of nitrogens with zero attached hydrogens (tertiary/aromatic N) is 2. The number of unbranched alkanes of at least 4 members (excludes halogenated alkanes) is 1. The lowest BCUT2D eigenvalue weighted by Gasteiger charge is -2.45. The van der Waals surface area contributed by atoms with E-state index in [1.54, 1.807) is 18.6 Å². The Morgan fingerprint density at radius 3 is 2.96 bits per heavy atom. The first kappa shape index (κ1) is 19.6. The van der Waals surface area contributed by atoms with Gasteiger partial charge in [0.25, 0.3) is 0 Å². The highest BCUT2D eigenvalue weighted by molar-refractivity contribution is 5.69. The zero-order chi connectivity index (χ0) is 19.9. The highest BCUT2D eigenvalue weighted by Crippen LogP contribution is 2.50. The van der Waals surface area contributed by atoms with Gasteiger partial charge in [0.2, 0.25) is 0 Å². The second kappa shape index (κ2) is 7.62. The molecule has 4 rings (SSSR count). The summed E-state index contributed by atoms with van der Waals surface area (Å²) in [5, 5.41) is 11.4. The van der Waals surface area contributed by atoms with E-state index < -0.39 is 6.10 Å². The number of fused-ring (bicyclic) bond motifs is 3. The standard InChI is InChI=1S/C24H33FN2O/c1-4-5-7-17-10-16(2)12-24(3,13-17)22(28)11-20-23-18(8-6-9-19(23)25)21-14-26-15-27(20)21/h6,8-9,14-17,20,22,28H,4-5,7,10-13H2,1-3H3/t16?,17?,20?,22?,24-/m0/s1. The molecular formula is C24H33FN2O. The number of imidazole rings is 1. The minimum absolute atomic E-state index is 0.106. The lowest BCUT2D eigenvalue weighted by molar-refractivity contribution is -0.0329. The predicted molar refractivity (Wildman–Crippen MR) is 111 cm³/mol. The lowest BCUT2D eigenvalue weighted by atomic mass is 9.62. The number of aliphatic hydroxyl groups is 1. The van der Waals surface area contributed by atoms with Gasteiger partial charge in [-0.2, -0.15) is 0 Å². The molecule has 5 atom stereocenters. The Kier molecular flexibility index (Phi) is 5.34. The van der Waals surface area contributed by atoms with Crippen LogP contribution in [0, 0.1) is 23.1 Å². The maximum Gasteiger partial charge on any atom is 0.129 e. The Morgan fingerprint density at radius 2 is 2.18 bits per heavy atom. The quantitative estimate of drug-likeness (QED) is 0.666. The van der Waals surface area contributed by atoms with Gasteiger partial charge < -0.3 is 9.67 Å². The van der Waals surface area contributed by atoms with E-state index in [9.17, 15) is 9.50 Å². The van der Waals surface area contributed by atoms with Crippen molar-refractivity contribution in [1.29, 1.82) is 0 Å². The number of rotatable bonds is 6. The SMILES string of the molecule is CCCCC1CC(C)C[C@](C)(C(O)CC2c3c(F)cccc3-c3cncn32)C1. The molecule has 0 bridgehead atoms. The molecule has 2 aliphatic rings. The van der Waals surface area contributed by atoms with E-state index in [0.29, 0.717) is 23.8 Å². The number of hydrogen-bond acceptors (Lipinski definition) is 2. The van der Waals surface area contributed by atoms with E-state index in [1.165, 1.54) is 31.7 Å². The van der Waals surface area contributed by atoms with Crippen molar-refractivity contribution >= 4 is 0 Å². The van der Waals surface area contributed by atoms with Crippen LogP contribution >= 0.6 is 0 Å². The van der Waals surface area contributed by atoms with Crippen molar-refractivity contribution in [2.24, 2.45) is 17.3 Å². The van der Waals surface area contributed by atoms with E-state index in [-0.39, 0.29) is 17.3 Å². The third kappa shape index (κ3) is 3.41. The number of hydrogen-bond donors (Lipinski definition) is 1. The molecule has 28 heavy (non-hydrogen) atoms. The molecule has 1 aromatic carbocycles. The summed E-state index contributed by atoms with van der Waals surface area (Å²) in [6.45, 7) is 6.81. The van der Waals surface area contributed by atoms with Gasteiger partial charge in [-0.25, -0.2) is 9.37 Å². The first-order chi connectivity index (χ1) is 13.4. The minimum atomic E-state index is -0.454. The second-order valence-corrected chi connectivity index (χ2v) is 9.57. The molecule has 0 radical (unpaired) electrons. The zero-order valence-electron chi connectivity index (χ0n) is 17.4. The third-order valence-corrected chi connectivity index (χ3v) is 7.19. The molecular weight excluding hydrogens is 351 g/mol. The normalized spacial score (nSPS) is 30.1. The fraction of sp³-hybridized carbons (Fsp3) is 0.625. The summed E-state index contributed by atoms with van der Waals surface area (Å²) in [6, 6.07) is 5.08. The molecule has 1 N–H and O–H groups in total. The van der Waals surface area contributed by atoms with Crippen LogP contribution < -0.4 is 0 Å². The Morgan fingerprint density at radius 1 is 1.36 bits per heavy atom. The van der Waals surface area contributed by atoms with Gasteiger partial charge in [-0.1, -0.05) is 52.2 Å². The molecule has 152 valence electrons. The average Bonchev–Trinajstić information content (AvgIpc) is 3.23. The molecule has 1 aliphatic heterocycles. The van der Waals surface area contributed by atoms with Crippen LogP contribution in [0.2, 0.25) is 0 Å². The second-order valence-electron chi connectivity index (χ2n) is 9.57. The van der Waals surface area contributed by atoms with Crippen LogP contribution in [0.3, 0.4) is 0 Å². The summed E-state index contributed by atoms with van der Waals surface area (Å²) in [5.41, 5.74) is 2.48. The molecule has 4 unspecified atom stereocenters. The van der Waals surface area contributed by atoms with Crippen LogP contribution in [0.5, 0.6) is 0 Å². The van der Waals surface area contributed by atoms with Crippen molar-refractivity contribution in [3.63, 3.8) is 0 Å². The summed E-state index contributed by atoms with van der Waals surface area (Å²) in [6.07, 6.45) is 10.8. The van der Waals surface area contributed by atoms with Gasteiger partial charge in [-0.3, -0.25) is 0 Å². The lowest BCUT2D eigenvalue weighted by Crippen LogP contribution is -2.41. The van der Waals surface area contributed by atoms with Crippen molar-refractivity contribution in [3.8, 4) is 11.3 Å². The maximum absolute atomic E-state index is 14.7. The zero-order valence-corrected chi connectivity index (χ0v) is 17.4. The van der Waals surface area contributed by atoms with Crippen LogP contribution in [0.1, 0.15) is 77.3 Å². The molecule has 2 aromatic rings. The fourth-order valence-electron chi connectivity index (χ4n) is 5.99. The summed E-state index contributed by atoms with van der Waals surface area (Å²) in [7, 11) is 0. The van der Waals surface area contributed by atoms with Crippen LogP contribution in [-0.2, 0) is 0 Å². The van der Waals surface area contributed by atoms with E-state index >= 15 is 0 Å². The third-order valence-electron chi connectivity index (χ3n) is 7.19. The summed E-state index contributed by atoms with van der Waals surface area (Å²) < 4.78 is 16.8. The summed E-state index contributed by atoms with van der Waals surface area (Å²) >= 11 is 0. The van der Waals surface area contributed by atoms with Crippen LogP contribution in [0.25, 0.3) is 11.3 Å². The van der Waals surface area contributed by atoms with Crippen molar-refractivity contribution in [2.45, 2.75) is 77.9 Å². The van der Waals surface area contributed by atoms with Gasteiger partial charge >= 0.3 is 0 Å². The summed E-state index contributed by atoms with van der Waals surface area (Å²) in [4.78, 5) is 4.28. The first-order valence-corrected chi connectivity index (χ1v) is 10.9. The molecule has 1 saturated carbocycles. The van der Waals surface area contributed by atoms with Crippen LogP contribution in [-0.4, -0.2) is 20.8 Å². The Hall–Kier alpha value is -1.68. The van der Waals surface area contributed by atoms with Gasteiger partial charge in [0.1, 0.15) is 5.82 Å². The molecule has 0 saturated heterocycles. The molecule has 4 heteroatoms. The molecule has 1 aliphatic carbocycles. The smallest absolute Gasteiger partial charge is 0.129 e. The van der Waals surface area contributed by atoms with Crippen molar-refractivity contribution < 1.29 is 9.50 Å². The fourth-order valence-corrected chi connectivity index (χ4v) is 5.99. The molecule has 2 heterocycles. The Bertz CT molecular complexity index is 832. The predicted octanol–water partition coefficient (Wildman–Crippen LogP) is 5.98. The number of aromatic nitrogens is 2. The minimum Gasteiger partial charge on any atom is -0.392 e. The number of benzene rings is 1. The van der Waals surface area contributed by atoms with Gasteiger partial charge in [0, 0.05) is 11.1 Å². The van der Waals surface area contributed by atoms with Crippen LogP contribution in [0.15, 0.2) is 30.7 Å². The molecule has 1 aromatic heterocycles. The molecule has 1 fully saturated rings. The highest BCUT2D eigenvalue weighted by atomic mass is 19.1. The first-order valence-electron chi connectivity index (χ1n) is 10.9. The Balaban J connectivity index is 1.57. The highest BCUT2D eigenvalue weighted by Gasteiger charge is 2.43. The Labute approximate surface area is 168 Å². The topological polar surface area (TPSA) is 38.1 Å². The largest absolute Gasteiger partial charge is 0.392 e. The average molecular weight is 385 g/mol. The van der Waals surface area contributed by atoms with Crippen molar-refractivity contribution in [1.82, 2.24) is 9.55 Å². The molecule has 0 amide bonds. The molecule has 0 spiro atoms. The van der Waals surface area contributed by atoms with E-state index in [1.807, 2.05) is 10.6 Å². The van der Waals surface area contributed by atoms with Crippen molar-refractivity contribution in [2.75, 3.05) is 0 Å². The van der Waals surface area contributed by atoms with Crippen molar-refractivity contribution in [3.05, 3.63) is 42.1 Å². The van der Waals surface area contributed by atoms with E-state index in [0.717, 1.165) is 24.1 Å². The maximum atomic E-state index is 14.7. The monoisotopic (exact) mass is 384 g/mol. The summed E-state index contributed by atoms with van der Waals surface area (Å²) in [5.74, 6) is 1.15. The van der Waals surface area contributed by atoms with E-state index in [2.05, 4.69) is 25.8 Å². The van der Waals surface area contributed by atoms with E-state index in [4.69, 9.17) is 0 Å². The van der Waals surface area contributed by atoms with Gasteiger partial charge in [-0.15, -0.1) is 0 Å². The van der Waals surface area contributed by atoms with Gasteiger partial charge in [0.15, 0.2) is 0 Å². The number of halogens is 1. The van der Waals surface area contributed by atoms with Crippen LogP contribution in [0.4, 0.5) is 4.39 Å².